The maximum atomic E-state index is 13.1. The van der Waals surface area contributed by atoms with Crippen LogP contribution in [0.5, 0.6) is 11.5 Å². The fraction of sp³-hybridized carbons (Fsp3) is 0.464. The third-order valence-electron chi connectivity index (χ3n) is 9.04. The standard InChI is InChI=1S/C28H27F3N2O4/c1-32-14-13-26-23-17-6-9-20(34)24(23)37-25(26)19(11-12-27(26,36)21(32)15-17)33(2)22(35)10-5-16-3-7-18(8-4-16)28(29,30)31/h3-4,6-9,19,21,25,34,36H,11-15H2,1-2H3/t19-,21-,25+,26+,27-/m1/s1. The fourth-order valence-electron chi connectivity index (χ4n) is 7.23. The number of amides is 1. The smallest absolute Gasteiger partial charge is 0.416 e. The molecule has 1 spiro atoms. The van der Waals surface area contributed by atoms with Gasteiger partial charge < -0.3 is 24.7 Å². The Kier molecular flexibility index (Phi) is 5.15. The first-order valence-corrected chi connectivity index (χ1v) is 12.4. The van der Waals surface area contributed by atoms with Crippen molar-refractivity contribution in [2.45, 2.75) is 61.1 Å². The summed E-state index contributed by atoms with van der Waals surface area (Å²) < 4.78 is 44.9. The molecule has 0 radical (unpaired) electrons. The van der Waals surface area contributed by atoms with Gasteiger partial charge in [-0.25, -0.2) is 0 Å². The highest BCUT2D eigenvalue weighted by atomic mass is 19.4. The molecule has 0 aromatic heterocycles. The molecule has 2 bridgehead atoms. The molecule has 1 saturated carbocycles. The van der Waals surface area contributed by atoms with Crippen molar-refractivity contribution >= 4 is 5.91 Å². The van der Waals surface area contributed by atoms with Crippen LogP contribution in [-0.2, 0) is 22.8 Å². The molecule has 1 saturated heterocycles. The van der Waals surface area contributed by atoms with E-state index in [0.29, 0.717) is 37.0 Å². The number of aliphatic hydroxyl groups is 1. The van der Waals surface area contributed by atoms with Crippen molar-refractivity contribution in [1.82, 2.24) is 9.80 Å². The number of hydrogen-bond donors (Lipinski definition) is 2. The summed E-state index contributed by atoms with van der Waals surface area (Å²) >= 11 is 0. The molecule has 9 heteroatoms. The van der Waals surface area contributed by atoms with Crippen molar-refractivity contribution in [3.8, 4) is 23.3 Å². The predicted octanol–water partition coefficient (Wildman–Crippen LogP) is 3.07. The Bertz CT molecular complexity index is 1350. The number of carbonyl (C=O) groups excluding carboxylic acids is 1. The minimum atomic E-state index is -4.44. The first kappa shape index (κ1) is 24.1. The normalized spacial score (nSPS) is 31.6. The number of likely N-dealkylation sites (N-methyl/N-ethyl adjacent to an activating group) is 2. The van der Waals surface area contributed by atoms with Crippen LogP contribution in [0.1, 0.15) is 41.5 Å². The monoisotopic (exact) mass is 512 g/mol. The zero-order chi connectivity index (χ0) is 26.3. The van der Waals surface area contributed by atoms with Crippen LogP contribution in [0.3, 0.4) is 0 Å². The van der Waals surface area contributed by atoms with E-state index in [1.54, 1.807) is 13.1 Å². The zero-order valence-electron chi connectivity index (χ0n) is 20.5. The number of halogens is 3. The molecule has 2 aliphatic carbocycles. The third-order valence-corrected chi connectivity index (χ3v) is 9.04. The predicted molar refractivity (Wildman–Crippen MR) is 128 cm³/mol. The van der Waals surface area contributed by atoms with Gasteiger partial charge in [-0.1, -0.05) is 12.0 Å². The van der Waals surface area contributed by atoms with Gasteiger partial charge in [0.25, 0.3) is 5.91 Å². The van der Waals surface area contributed by atoms with Crippen LogP contribution >= 0.6 is 0 Å². The second kappa shape index (κ2) is 7.89. The number of alkyl halides is 3. The Balaban J connectivity index is 1.33. The SMILES string of the molecule is CN1CC[C@]23c4c5ccc(O)c4O[C@H]2[C@H](N(C)C(=O)C#Cc2ccc(C(F)(F)F)cc2)CC[C@@]3(O)[C@H]1C5. The van der Waals surface area contributed by atoms with Crippen molar-refractivity contribution in [2.24, 2.45) is 0 Å². The number of benzene rings is 2. The van der Waals surface area contributed by atoms with Gasteiger partial charge in [-0.15, -0.1) is 0 Å². The van der Waals surface area contributed by atoms with Gasteiger partial charge in [-0.2, -0.15) is 13.2 Å². The molecule has 4 aliphatic rings. The van der Waals surface area contributed by atoms with Crippen molar-refractivity contribution in [1.29, 1.82) is 0 Å². The molecule has 37 heavy (non-hydrogen) atoms. The number of nitrogens with zero attached hydrogens (tertiary/aromatic N) is 2. The Morgan fingerprint density at radius 3 is 2.62 bits per heavy atom. The van der Waals surface area contributed by atoms with Crippen LogP contribution in [0, 0.1) is 11.8 Å². The summed E-state index contributed by atoms with van der Waals surface area (Å²) in [4.78, 5) is 16.8. The molecule has 6 nitrogen and oxygen atoms in total. The highest BCUT2D eigenvalue weighted by molar-refractivity contribution is 5.94. The minimum Gasteiger partial charge on any atom is -0.504 e. The summed E-state index contributed by atoms with van der Waals surface area (Å²) in [6.07, 6.45) is -2.77. The van der Waals surface area contributed by atoms with E-state index < -0.39 is 40.8 Å². The lowest BCUT2D eigenvalue weighted by Gasteiger charge is -2.64. The molecule has 0 unspecified atom stereocenters. The highest BCUT2D eigenvalue weighted by Gasteiger charge is 2.73. The molecule has 2 aromatic carbocycles. The molecule has 5 atom stereocenters. The van der Waals surface area contributed by atoms with E-state index >= 15 is 0 Å². The second-order valence-corrected chi connectivity index (χ2v) is 10.7. The lowest BCUT2D eigenvalue weighted by Crippen LogP contribution is -2.77. The lowest BCUT2D eigenvalue weighted by molar-refractivity contribution is -0.195. The van der Waals surface area contributed by atoms with E-state index in [1.807, 2.05) is 13.1 Å². The number of phenolic OH excluding ortho intramolecular Hbond substituents is 1. The number of phenols is 1. The average molecular weight is 513 g/mol. The zero-order valence-corrected chi connectivity index (χ0v) is 20.5. The van der Waals surface area contributed by atoms with Crippen molar-refractivity contribution < 1.29 is 32.9 Å². The number of aromatic hydroxyl groups is 1. The van der Waals surface area contributed by atoms with Gasteiger partial charge in [-0.05, 0) is 75.2 Å². The van der Waals surface area contributed by atoms with Crippen LogP contribution in [0.2, 0.25) is 0 Å². The summed E-state index contributed by atoms with van der Waals surface area (Å²) in [5.41, 5.74) is -0.387. The topological polar surface area (TPSA) is 73.2 Å². The molecule has 2 fully saturated rings. The summed E-state index contributed by atoms with van der Waals surface area (Å²) in [6, 6.07) is 7.38. The van der Waals surface area contributed by atoms with E-state index in [1.165, 1.54) is 17.0 Å². The molecule has 2 aliphatic heterocycles. The number of carbonyl (C=O) groups is 1. The van der Waals surface area contributed by atoms with E-state index in [4.69, 9.17) is 4.74 Å². The van der Waals surface area contributed by atoms with Gasteiger partial charge in [0.15, 0.2) is 11.5 Å². The van der Waals surface area contributed by atoms with Crippen LogP contribution in [0.4, 0.5) is 13.2 Å². The molecule has 2 aromatic rings. The number of rotatable bonds is 1. The maximum Gasteiger partial charge on any atom is 0.416 e. The van der Waals surface area contributed by atoms with Crippen molar-refractivity contribution in [3.05, 3.63) is 58.7 Å². The largest absolute Gasteiger partial charge is 0.504 e. The minimum absolute atomic E-state index is 0.0251. The summed E-state index contributed by atoms with van der Waals surface area (Å²) in [7, 11) is 3.66. The van der Waals surface area contributed by atoms with Gasteiger partial charge >= 0.3 is 6.18 Å². The maximum absolute atomic E-state index is 13.1. The van der Waals surface area contributed by atoms with Crippen molar-refractivity contribution in [2.75, 3.05) is 20.6 Å². The second-order valence-electron chi connectivity index (χ2n) is 10.7. The number of likely N-dealkylation sites (tertiary alicyclic amines) is 1. The third kappa shape index (κ3) is 3.25. The van der Waals surface area contributed by atoms with Gasteiger partial charge in [0.1, 0.15) is 6.10 Å². The number of piperidine rings is 1. The summed E-state index contributed by atoms with van der Waals surface area (Å²) in [5.74, 6) is 5.15. The Morgan fingerprint density at radius 2 is 1.92 bits per heavy atom. The molecule has 2 N–H and O–H groups in total. The molecule has 1 amide bonds. The first-order valence-electron chi connectivity index (χ1n) is 12.4. The van der Waals surface area contributed by atoms with E-state index in [2.05, 4.69) is 16.7 Å². The number of ether oxygens (including phenoxy) is 1. The molecular formula is C28H27F3N2O4. The van der Waals surface area contributed by atoms with Crippen LogP contribution in [0.15, 0.2) is 36.4 Å². The highest BCUT2D eigenvalue weighted by Crippen LogP contribution is 2.65. The van der Waals surface area contributed by atoms with Crippen LogP contribution in [0.25, 0.3) is 0 Å². The first-order chi connectivity index (χ1) is 17.5. The molecule has 6 rings (SSSR count). The van der Waals surface area contributed by atoms with Crippen LogP contribution < -0.4 is 4.74 Å². The molecule has 2 heterocycles. The van der Waals surface area contributed by atoms with Gasteiger partial charge in [0.05, 0.1) is 22.6 Å². The van der Waals surface area contributed by atoms with E-state index in [-0.39, 0.29) is 11.8 Å². The quantitative estimate of drug-likeness (QED) is 0.575. The van der Waals surface area contributed by atoms with Crippen molar-refractivity contribution in [3.63, 3.8) is 0 Å². The molecular weight excluding hydrogens is 485 g/mol. The Labute approximate surface area is 212 Å². The summed E-state index contributed by atoms with van der Waals surface area (Å²) in [5, 5.41) is 22.9. The number of hydrogen-bond acceptors (Lipinski definition) is 5. The average Bonchev–Trinajstić information content (AvgIpc) is 3.21. The lowest BCUT2D eigenvalue weighted by atomic mass is 9.48. The Morgan fingerprint density at radius 1 is 1.19 bits per heavy atom. The van der Waals surface area contributed by atoms with Gasteiger partial charge in [-0.3, -0.25) is 4.79 Å². The fourth-order valence-corrected chi connectivity index (χ4v) is 7.23. The summed E-state index contributed by atoms with van der Waals surface area (Å²) in [6.45, 7) is 0.749. The molecule has 194 valence electrons. The van der Waals surface area contributed by atoms with Gasteiger partial charge in [0.2, 0.25) is 0 Å². The van der Waals surface area contributed by atoms with Crippen LogP contribution in [-0.4, -0.2) is 70.3 Å². The van der Waals surface area contributed by atoms with E-state index in [0.717, 1.165) is 29.8 Å². The Hall–Kier alpha value is -3.22. The van der Waals surface area contributed by atoms with E-state index in [9.17, 15) is 28.2 Å². The van der Waals surface area contributed by atoms with Gasteiger partial charge in [0, 0.05) is 30.1 Å².